The van der Waals surface area contributed by atoms with E-state index in [1.165, 1.54) is 3.97 Å². The predicted octanol–water partition coefficient (Wildman–Crippen LogP) is 6.27. The zero-order valence-corrected chi connectivity index (χ0v) is 25.2. The summed E-state index contributed by atoms with van der Waals surface area (Å²) in [4.78, 5) is 23.5. The van der Waals surface area contributed by atoms with E-state index in [0.29, 0.717) is 25.2 Å². The van der Waals surface area contributed by atoms with Crippen molar-refractivity contribution in [2.24, 2.45) is 0 Å². The van der Waals surface area contributed by atoms with Crippen LogP contribution in [0.4, 0.5) is 4.79 Å². The first-order valence-corrected chi connectivity index (χ1v) is 15.1. The van der Waals surface area contributed by atoms with Gasteiger partial charge < -0.3 is 9.64 Å². The molecule has 0 bridgehead atoms. The van der Waals surface area contributed by atoms with Crippen molar-refractivity contribution >= 4 is 55.3 Å². The monoisotopic (exact) mass is 656 g/mol. The van der Waals surface area contributed by atoms with Crippen LogP contribution in [-0.2, 0) is 14.8 Å². The second-order valence-corrected chi connectivity index (χ2v) is 13.5. The molecule has 4 heterocycles. The van der Waals surface area contributed by atoms with Crippen molar-refractivity contribution in [3.63, 3.8) is 0 Å². The van der Waals surface area contributed by atoms with Gasteiger partial charge in [-0.05, 0) is 86.5 Å². The summed E-state index contributed by atoms with van der Waals surface area (Å²) in [5.74, 6) is 0. The molecule has 1 aromatic carbocycles. The summed E-state index contributed by atoms with van der Waals surface area (Å²) in [6, 6.07) is 12.7. The van der Waals surface area contributed by atoms with E-state index in [1.807, 2.05) is 52.0 Å². The van der Waals surface area contributed by atoms with Crippen molar-refractivity contribution in [1.29, 1.82) is 0 Å². The third kappa shape index (κ3) is 5.72. The smallest absolute Gasteiger partial charge is 0.410 e. The van der Waals surface area contributed by atoms with Gasteiger partial charge in [-0.15, -0.1) is 0 Å². The average Bonchev–Trinajstić information content (AvgIpc) is 3.25. The molecular formula is C29H29IN4O4S. The molecule has 1 aliphatic heterocycles. The predicted molar refractivity (Wildman–Crippen MR) is 160 cm³/mol. The number of carbonyl (C=O) groups excluding carboxylic acids is 1. The summed E-state index contributed by atoms with van der Waals surface area (Å²) in [5.41, 5.74) is 4.53. The number of hydrogen-bond acceptors (Lipinski definition) is 6. The van der Waals surface area contributed by atoms with Crippen LogP contribution in [0.25, 0.3) is 27.7 Å². The highest BCUT2D eigenvalue weighted by atomic mass is 127. The van der Waals surface area contributed by atoms with Gasteiger partial charge in [-0.1, -0.05) is 29.8 Å². The SMILES string of the molecule is Cc1ccc(S(=O)(=O)n2cc(I)c3cc(-c4ccc(C5=CCN(C(=O)OC(C)(C)C)CC5)nc4)cnc32)cc1. The van der Waals surface area contributed by atoms with Gasteiger partial charge in [-0.2, -0.15) is 0 Å². The summed E-state index contributed by atoms with van der Waals surface area (Å²) in [6.07, 6.45) is 7.48. The Morgan fingerprint density at radius 3 is 2.36 bits per heavy atom. The summed E-state index contributed by atoms with van der Waals surface area (Å²) < 4.78 is 34.1. The zero-order valence-electron chi connectivity index (χ0n) is 22.2. The van der Waals surface area contributed by atoms with Gasteiger partial charge in [0, 0.05) is 51.8 Å². The lowest BCUT2D eigenvalue weighted by Gasteiger charge is -2.29. The molecule has 202 valence electrons. The van der Waals surface area contributed by atoms with E-state index < -0.39 is 15.6 Å². The molecule has 10 heteroatoms. The lowest BCUT2D eigenvalue weighted by molar-refractivity contribution is 0.0270. The molecule has 0 atom stereocenters. The number of pyridine rings is 2. The Bertz CT molecular complexity index is 1690. The van der Waals surface area contributed by atoms with Crippen molar-refractivity contribution in [3.8, 4) is 11.1 Å². The summed E-state index contributed by atoms with van der Waals surface area (Å²) >= 11 is 2.14. The van der Waals surface area contributed by atoms with E-state index in [4.69, 9.17) is 4.74 Å². The highest BCUT2D eigenvalue weighted by Gasteiger charge is 2.25. The second-order valence-electron chi connectivity index (χ2n) is 10.5. The molecule has 0 N–H and O–H groups in total. The third-order valence-electron chi connectivity index (χ3n) is 6.43. The molecule has 4 aromatic rings. The van der Waals surface area contributed by atoms with Crippen LogP contribution in [0.15, 0.2) is 72.0 Å². The van der Waals surface area contributed by atoms with Gasteiger partial charge in [0.2, 0.25) is 0 Å². The highest BCUT2D eigenvalue weighted by Crippen LogP contribution is 2.30. The van der Waals surface area contributed by atoms with Crippen LogP contribution in [0, 0.1) is 10.5 Å². The summed E-state index contributed by atoms with van der Waals surface area (Å²) in [5, 5.41) is 0.755. The summed E-state index contributed by atoms with van der Waals surface area (Å²) in [7, 11) is -3.78. The first-order valence-electron chi connectivity index (χ1n) is 12.5. The first kappa shape index (κ1) is 27.3. The Morgan fingerprint density at radius 1 is 1.03 bits per heavy atom. The lowest BCUT2D eigenvalue weighted by atomic mass is 10.0. The number of rotatable bonds is 4. The van der Waals surface area contributed by atoms with Gasteiger partial charge in [0.05, 0.1) is 10.6 Å². The zero-order chi connectivity index (χ0) is 27.9. The van der Waals surface area contributed by atoms with Crippen LogP contribution in [0.1, 0.15) is 38.4 Å². The molecular weight excluding hydrogens is 627 g/mol. The Kier molecular flexibility index (Phi) is 7.27. The van der Waals surface area contributed by atoms with Crippen LogP contribution in [-0.4, -0.2) is 52.0 Å². The number of fused-ring (bicyclic) bond motifs is 1. The van der Waals surface area contributed by atoms with Gasteiger partial charge in [0.15, 0.2) is 5.65 Å². The first-order chi connectivity index (χ1) is 18.4. The molecule has 0 saturated carbocycles. The fourth-order valence-electron chi connectivity index (χ4n) is 4.36. The fourth-order valence-corrected chi connectivity index (χ4v) is 6.55. The Morgan fingerprint density at radius 2 is 1.74 bits per heavy atom. The number of aryl methyl sites for hydroxylation is 1. The maximum absolute atomic E-state index is 13.3. The van der Waals surface area contributed by atoms with E-state index in [2.05, 4.69) is 32.6 Å². The lowest BCUT2D eigenvalue weighted by Crippen LogP contribution is -2.39. The number of carbonyl (C=O) groups is 1. The van der Waals surface area contributed by atoms with E-state index in [1.54, 1.807) is 47.8 Å². The molecule has 0 spiro atoms. The third-order valence-corrected chi connectivity index (χ3v) is 8.95. The van der Waals surface area contributed by atoms with E-state index in [9.17, 15) is 13.2 Å². The molecule has 0 fully saturated rings. The van der Waals surface area contributed by atoms with Crippen molar-refractivity contribution in [3.05, 3.63) is 82.0 Å². The number of ether oxygens (including phenoxy) is 1. The molecule has 1 aliphatic rings. The van der Waals surface area contributed by atoms with Gasteiger partial charge in [0.25, 0.3) is 10.0 Å². The number of aromatic nitrogens is 3. The van der Waals surface area contributed by atoms with Crippen molar-refractivity contribution in [2.45, 2.75) is 44.6 Å². The van der Waals surface area contributed by atoms with Crippen LogP contribution in [0.2, 0.25) is 0 Å². The topological polar surface area (TPSA) is 94.4 Å². The fraction of sp³-hybridized carbons (Fsp3) is 0.276. The maximum atomic E-state index is 13.3. The maximum Gasteiger partial charge on any atom is 0.410 e. The van der Waals surface area contributed by atoms with Gasteiger partial charge in [-0.25, -0.2) is 22.2 Å². The minimum atomic E-state index is -3.78. The quantitative estimate of drug-likeness (QED) is 0.241. The number of benzene rings is 1. The number of nitrogens with zero attached hydrogens (tertiary/aromatic N) is 4. The molecule has 3 aromatic heterocycles. The number of halogens is 1. The van der Waals surface area contributed by atoms with E-state index in [-0.39, 0.29) is 11.0 Å². The van der Waals surface area contributed by atoms with Crippen molar-refractivity contribution in [1.82, 2.24) is 18.8 Å². The summed E-state index contributed by atoms with van der Waals surface area (Å²) in [6.45, 7) is 8.55. The van der Waals surface area contributed by atoms with E-state index >= 15 is 0 Å². The standard InChI is InChI=1S/C29H29IN4O4S/c1-19-5-8-23(9-6-19)39(36,37)34-18-25(30)24-15-22(17-32-27(24)34)21-7-10-26(31-16-21)20-11-13-33(14-12-20)28(35)38-29(2,3)4/h5-11,15-18H,12-14H2,1-4H3. The molecule has 0 saturated heterocycles. The Hall–Kier alpha value is -3.25. The van der Waals surface area contributed by atoms with Crippen molar-refractivity contribution in [2.75, 3.05) is 13.1 Å². The second kappa shape index (κ2) is 10.4. The van der Waals surface area contributed by atoms with Gasteiger partial charge in [0.1, 0.15) is 5.60 Å². The molecule has 0 radical (unpaired) electrons. The normalized spacial score (nSPS) is 14.4. The Balaban J connectivity index is 1.37. The largest absolute Gasteiger partial charge is 0.444 e. The molecule has 8 nitrogen and oxygen atoms in total. The van der Waals surface area contributed by atoms with E-state index in [0.717, 1.165) is 36.9 Å². The molecule has 0 unspecified atom stereocenters. The van der Waals surface area contributed by atoms with Crippen LogP contribution >= 0.6 is 22.6 Å². The Labute approximate surface area is 241 Å². The van der Waals surface area contributed by atoms with Gasteiger partial charge >= 0.3 is 6.09 Å². The average molecular weight is 657 g/mol. The molecule has 5 rings (SSSR count). The molecule has 0 aliphatic carbocycles. The van der Waals surface area contributed by atoms with Gasteiger partial charge in [-0.3, -0.25) is 4.98 Å². The highest BCUT2D eigenvalue weighted by molar-refractivity contribution is 14.1. The molecule has 39 heavy (non-hydrogen) atoms. The minimum Gasteiger partial charge on any atom is -0.444 e. The van der Waals surface area contributed by atoms with Crippen LogP contribution in [0.5, 0.6) is 0 Å². The van der Waals surface area contributed by atoms with Crippen LogP contribution in [0.3, 0.4) is 0 Å². The van der Waals surface area contributed by atoms with Crippen LogP contribution < -0.4 is 0 Å². The molecule has 1 amide bonds. The number of hydrogen-bond donors (Lipinski definition) is 0. The van der Waals surface area contributed by atoms with Crippen molar-refractivity contribution < 1.29 is 17.9 Å². The minimum absolute atomic E-state index is 0.221. The number of amides is 1.